The Morgan fingerprint density at radius 2 is 1.72 bits per heavy atom. The van der Waals surface area contributed by atoms with E-state index in [0.29, 0.717) is 30.9 Å². The van der Waals surface area contributed by atoms with Crippen LogP contribution >= 0.6 is 0 Å². The summed E-state index contributed by atoms with van der Waals surface area (Å²) in [6.07, 6.45) is 0.702. The van der Waals surface area contributed by atoms with Crippen LogP contribution in [0.25, 0.3) is 0 Å². The lowest BCUT2D eigenvalue weighted by Gasteiger charge is -2.11. The third-order valence-corrected chi connectivity index (χ3v) is 3.40. The molecular formula is C19H23N3O3. The van der Waals surface area contributed by atoms with Crippen molar-refractivity contribution in [2.24, 2.45) is 0 Å². The van der Waals surface area contributed by atoms with E-state index in [9.17, 15) is 9.59 Å². The molecule has 0 unspecified atom stereocenters. The molecule has 132 valence electrons. The number of benzene rings is 2. The minimum atomic E-state index is -0.295. The Bertz CT molecular complexity index is 731. The number of aryl methyl sites for hydroxylation is 1. The molecule has 2 rings (SSSR count). The summed E-state index contributed by atoms with van der Waals surface area (Å²) in [6, 6.07) is 14.5. The quantitative estimate of drug-likeness (QED) is 0.674. The molecule has 0 heterocycles. The highest BCUT2D eigenvalue weighted by Gasteiger charge is 2.03. The molecule has 0 atom stereocenters. The molecule has 0 saturated heterocycles. The number of para-hydroxylation sites is 1. The fourth-order valence-corrected chi connectivity index (χ4v) is 2.23. The van der Waals surface area contributed by atoms with Gasteiger partial charge in [0.1, 0.15) is 5.75 Å². The second-order valence-corrected chi connectivity index (χ2v) is 5.61. The van der Waals surface area contributed by atoms with Crippen molar-refractivity contribution in [1.29, 1.82) is 0 Å². The number of carbonyl (C=O) groups is 2. The first-order valence-electron chi connectivity index (χ1n) is 8.15. The average molecular weight is 341 g/mol. The van der Waals surface area contributed by atoms with Crippen molar-refractivity contribution in [3.63, 3.8) is 0 Å². The monoisotopic (exact) mass is 341 g/mol. The first-order valence-corrected chi connectivity index (χ1v) is 8.15. The SMILES string of the molecule is CC(=O)Nc1cccc(NC(=O)NCCCOc2ccccc2C)c1. The molecule has 0 aliphatic heterocycles. The lowest BCUT2D eigenvalue weighted by molar-refractivity contribution is -0.114. The molecule has 0 radical (unpaired) electrons. The van der Waals surface area contributed by atoms with Crippen LogP contribution in [-0.4, -0.2) is 25.1 Å². The largest absolute Gasteiger partial charge is 0.493 e. The van der Waals surface area contributed by atoms with Crippen molar-refractivity contribution in [3.05, 3.63) is 54.1 Å². The van der Waals surface area contributed by atoms with Crippen LogP contribution in [0.4, 0.5) is 16.2 Å². The van der Waals surface area contributed by atoms with Crippen LogP contribution in [0, 0.1) is 6.92 Å². The van der Waals surface area contributed by atoms with Crippen LogP contribution in [0.1, 0.15) is 18.9 Å². The number of hydrogen-bond donors (Lipinski definition) is 3. The molecule has 0 saturated carbocycles. The topological polar surface area (TPSA) is 79.5 Å². The Morgan fingerprint density at radius 3 is 2.44 bits per heavy atom. The maximum absolute atomic E-state index is 11.9. The van der Waals surface area contributed by atoms with Crippen LogP contribution < -0.4 is 20.7 Å². The predicted octanol–water partition coefficient (Wildman–Crippen LogP) is 3.54. The summed E-state index contributed by atoms with van der Waals surface area (Å²) in [6.45, 7) is 4.47. The fraction of sp³-hybridized carbons (Fsp3) is 0.263. The highest BCUT2D eigenvalue weighted by Crippen LogP contribution is 2.16. The average Bonchev–Trinajstić information content (AvgIpc) is 2.56. The molecule has 6 nitrogen and oxygen atoms in total. The van der Waals surface area contributed by atoms with Gasteiger partial charge < -0.3 is 20.7 Å². The predicted molar refractivity (Wildman–Crippen MR) is 99.1 cm³/mol. The van der Waals surface area contributed by atoms with E-state index in [0.717, 1.165) is 11.3 Å². The second kappa shape index (κ2) is 9.32. The van der Waals surface area contributed by atoms with E-state index in [2.05, 4.69) is 16.0 Å². The lowest BCUT2D eigenvalue weighted by Crippen LogP contribution is -2.30. The van der Waals surface area contributed by atoms with Gasteiger partial charge in [-0.2, -0.15) is 0 Å². The van der Waals surface area contributed by atoms with Gasteiger partial charge in [-0.25, -0.2) is 4.79 Å². The van der Waals surface area contributed by atoms with E-state index in [-0.39, 0.29) is 11.9 Å². The minimum Gasteiger partial charge on any atom is -0.493 e. The molecule has 2 aromatic carbocycles. The van der Waals surface area contributed by atoms with Crippen molar-refractivity contribution < 1.29 is 14.3 Å². The second-order valence-electron chi connectivity index (χ2n) is 5.61. The lowest BCUT2D eigenvalue weighted by atomic mass is 10.2. The number of hydrogen-bond acceptors (Lipinski definition) is 3. The number of anilines is 2. The van der Waals surface area contributed by atoms with Gasteiger partial charge in [0.2, 0.25) is 5.91 Å². The van der Waals surface area contributed by atoms with Gasteiger partial charge in [0.15, 0.2) is 0 Å². The molecule has 0 aliphatic rings. The van der Waals surface area contributed by atoms with Crippen molar-refractivity contribution in [1.82, 2.24) is 5.32 Å². The molecule has 25 heavy (non-hydrogen) atoms. The van der Waals surface area contributed by atoms with E-state index in [4.69, 9.17) is 4.74 Å². The Labute approximate surface area is 147 Å². The third kappa shape index (κ3) is 6.55. The maximum Gasteiger partial charge on any atom is 0.319 e. The van der Waals surface area contributed by atoms with E-state index < -0.39 is 0 Å². The van der Waals surface area contributed by atoms with Gasteiger partial charge in [0.25, 0.3) is 0 Å². The number of carbonyl (C=O) groups excluding carboxylic acids is 2. The molecule has 0 spiro atoms. The maximum atomic E-state index is 11.9. The summed E-state index contributed by atoms with van der Waals surface area (Å²) in [5.41, 5.74) is 2.34. The van der Waals surface area contributed by atoms with Crippen LogP contribution in [0.5, 0.6) is 5.75 Å². The van der Waals surface area contributed by atoms with Crippen molar-refractivity contribution >= 4 is 23.3 Å². The first-order chi connectivity index (χ1) is 12.0. The number of rotatable bonds is 7. The number of amides is 3. The van der Waals surface area contributed by atoms with Gasteiger partial charge in [-0.05, 0) is 43.2 Å². The van der Waals surface area contributed by atoms with Crippen LogP contribution in [0.15, 0.2) is 48.5 Å². The van der Waals surface area contributed by atoms with Crippen molar-refractivity contribution in [2.45, 2.75) is 20.3 Å². The van der Waals surface area contributed by atoms with Gasteiger partial charge in [-0.3, -0.25) is 4.79 Å². The molecule has 0 aromatic heterocycles. The molecule has 0 bridgehead atoms. The molecule has 6 heteroatoms. The molecule has 3 amide bonds. The summed E-state index contributed by atoms with van der Waals surface area (Å²) in [7, 11) is 0. The summed E-state index contributed by atoms with van der Waals surface area (Å²) < 4.78 is 5.68. The smallest absolute Gasteiger partial charge is 0.319 e. The van der Waals surface area contributed by atoms with E-state index in [1.807, 2.05) is 31.2 Å². The van der Waals surface area contributed by atoms with Crippen molar-refractivity contribution in [2.75, 3.05) is 23.8 Å². The Morgan fingerprint density at radius 1 is 1.00 bits per heavy atom. The van der Waals surface area contributed by atoms with Crippen molar-refractivity contribution in [3.8, 4) is 5.75 Å². The normalized spacial score (nSPS) is 10.0. The third-order valence-electron chi connectivity index (χ3n) is 3.40. The van der Waals surface area contributed by atoms with Crippen LogP contribution in [0.2, 0.25) is 0 Å². The molecule has 0 fully saturated rings. The van der Waals surface area contributed by atoms with E-state index >= 15 is 0 Å². The highest BCUT2D eigenvalue weighted by atomic mass is 16.5. The molecule has 3 N–H and O–H groups in total. The summed E-state index contributed by atoms with van der Waals surface area (Å²) >= 11 is 0. The zero-order chi connectivity index (χ0) is 18.1. The number of nitrogens with one attached hydrogen (secondary N) is 3. The Kier molecular flexibility index (Phi) is 6.83. The zero-order valence-corrected chi connectivity index (χ0v) is 14.5. The van der Waals surface area contributed by atoms with Gasteiger partial charge in [-0.1, -0.05) is 24.3 Å². The molecule has 2 aromatic rings. The summed E-state index contributed by atoms with van der Waals surface area (Å²) in [5.74, 6) is 0.706. The van der Waals surface area contributed by atoms with Gasteiger partial charge in [-0.15, -0.1) is 0 Å². The van der Waals surface area contributed by atoms with Gasteiger partial charge in [0, 0.05) is 24.8 Å². The number of urea groups is 1. The standard InChI is InChI=1S/C19H23N3O3/c1-14-7-3-4-10-18(14)25-12-6-11-20-19(24)22-17-9-5-8-16(13-17)21-15(2)23/h3-5,7-10,13H,6,11-12H2,1-2H3,(H,21,23)(H2,20,22,24). The first kappa shape index (κ1) is 18.3. The van der Waals surface area contributed by atoms with E-state index in [1.54, 1.807) is 24.3 Å². The number of ether oxygens (including phenoxy) is 1. The molecular weight excluding hydrogens is 318 g/mol. The Balaban J connectivity index is 1.69. The fourth-order valence-electron chi connectivity index (χ4n) is 2.23. The highest BCUT2D eigenvalue weighted by molar-refractivity contribution is 5.92. The van der Waals surface area contributed by atoms with E-state index in [1.165, 1.54) is 6.92 Å². The summed E-state index contributed by atoms with van der Waals surface area (Å²) in [5, 5.41) is 8.18. The Hall–Kier alpha value is -3.02. The van der Waals surface area contributed by atoms with Gasteiger partial charge >= 0.3 is 6.03 Å². The van der Waals surface area contributed by atoms with Crippen LogP contribution in [-0.2, 0) is 4.79 Å². The molecule has 0 aliphatic carbocycles. The minimum absolute atomic E-state index is 0.157. The zero-order valence-electron chi connectivity index (χ0n) is 14.5. The van der Waals surface area contributed by atoms with Gasteiger partial charge in [0.05, 0.1) is 6.61 Å². The summed E-state index contributed by atoms with van der Waals surface area (Å²) in [4.78, 5) is 22.9. The van der Waals surface area contributed by atoms with Crippen LogP contribution in [0.3, 0.4) is 0 Å².